The van der Waals surface area contributed by atoms with Crippen LogP contribution < -0.4 is 0 Å². The van der Waals surface area contributed by atoms with E-state index in [1.165, 1.54) is 21.6 Å². The largest absolute Gasteiger partial charge is 0.290 e. The number of carbonyl (C=O) groups excluding carboxylic acids is 2. The Kier molecular flexibility index (Phi) is 7.13. The second-order valence-corrected chi connectivity index (χ2v) is 9.86. The van der Waals surface area contributed by atoms with E-state index in [0.29, 0.717) is 19.4 Å². The van der Waals surface area contributed by atoms with Crippen LogP contribution in [-0.4, -0.2) is 65.8 Å². The van der Waals surface area contributed by atoms with E-state index in [4.69, 9.17) is 0 Å². The van der Waals surface area contributed by atoms with E-state index in [-0.39, 0.29) is 36.2 Å². The minimum absolute atomic E-state index is 0.0387. The average Bonchev–Trinajstić information content (AvgIpc) is 3.13. The number of rotatable bonds is 5. The molecule has 3 aliphatic rings. The van der Waals surface area contributed by atoms with Crippen molar-refractivity contribution in [2.75, 3.05) is 39.3 Å². The summed E-state index contributed by atoms with van der Waals surface area (Å²) in [4.78, 5) is 31.7. The monoisotopic (exact) mass is 467 g/mol. The summed E-state index contributed by atoms with van der Waals surface area (Å²) in [6.45, 7) is 6.75. The Bertz CT molecular complexity index is 1100. The molecule has 5 heteroatoms. The molecule has 0 bridgehead atoms. The summed E-state index contributed by atoms with van der Waals surface area (Å²) >= 11 is 0. The first kappa shape index (κ1) is 23.5. The van der Waals surface area contributed by atoms with Crippen LogP contribution in [0.15, 0.2) is 72.3 Å². The van der Waals surface area contributed by atoms with Crippen LogP contribution in [0.5, 0.6) is 0 Å². The highest BCUT2D eigenvalue weighted by atomic mass is 16.2. The minimum Gasteiger partial charge on any atom is -0.290 e. The first-order valence-electron chi connectivity index (χ1n) is 12.6. The first-order valence-corrected chi connectivity index (χ1v) is 12.6. The molecule has 5 rings (SSSR count). The van der Waals surface area contributed by atoms with Crippen molar-refractivity contribution < 1.29 is 9.59 Å². The zero-order valence-corrected chi connectivity index (χ0v) is 20.4. The molecule has 2 aromatic carbocycles. The van der Waals surface area contributed by atoms with Gasteiger partial charge >= 0.3 is 0 Å². The molecular weight excluding hydrogens is 434 g/mol. The van der Waals surface area contributed by atoms with Crippen LogP contribution in [0.1, 0.15) is 36.9 Å². The van der Waals surface area contributed by atoms with Gasteiger partial charge in [0.2, 0.25) is 11.8 Å². The normalized spacial score (nSPS) is 23.1. The van der Waals surface area contributed by atoms with Crippen molar-refractivity contribution in [3.05, 3.63) is 83.4 Å². The number of likely N-dealkylation sites (tertiary alicyclic amines) is 1. The van der Waals surface area contributed by atoms with Gasteiger partial charge in [-0.25, -0.2) is 0 Å². The molecule has 2 aromatic rings. The fourth-order valence-electron chi connectivity index (χ4n) is 5.63. The molecule has 180 valence electrons. The van der Waals surface area contributed by atoms with Crippen molar-refractivity contribution in [2.24, 2.45) is 11.8 Å². The van der Waals surface area contributed by atoms with Crippen LogP contribution in [0.3, 0.4) is 0 Å². The number of piperazine rings is 1. The molecule has 2 aliphatic heterocycles. The Morgan fingerprint density at radius 1 is 0.800 bits per heavy atom. The van der Waals surface area contributed by atoms with Crippen LogP contribution in [0.25, 0.3) is 0 Å². The molecule has 35 heavy (non-hydrogen) atoms. The van der Waals surface area contributed by atoms with Gasteiger partial charge < -0.3 is 0 Å². The summed E-state index contributed by atoms with van der Waals surface area (Å²) in [5, 5.41) is 0. The number of nitrogens with zero attached hydrogens (tertiary/aromatic N) is 3. The summed E-state index contributed by atoms with van der Waals surface area (Å²) in [7, 11) is 0. The molecular formula is C30H33N3O2. The van der Waals surface area contributed by atoms with Crippen LogP contribution in [0.2, 0.25) is 0 Å². The number of carbonyl (C=O) groups is 2. The highest BCUT2D eigenvalue weighted by Crippen LogP contribution is 2.37. The predicted molar refractivity (Wildman–Crippen MR) is 137 cm³/mol. The van der Waals surface area contributed by atoms with E-state index in [0.717, 1.165) is 26.2 Å². The van der Waals surface area contributed by atoms with Crippen molar-refractivity contribution in [1.29, 1.82) is 0 Å². The summed E-state index contributed by atoms with van der Waals surface area (Å²) in [6.07, 6.45) is 3.49. The molecule has 0 aromatic heterocycles. The molecule has 2 saturated heterocycles. The molecule has 2 heterocycles. The topological polar surface area (TPSA) is 43.9 Å². The lowest BCUT2D eigenvalue weighted by Crippen LogP contribution is -2.47. The summed E-state index contributed by atoms with van der Waals surface area (Å²) in [5.74, 6) is 5.89. The maximum Gasteiger partial charge on any atom is 0.234 e. The molecule has 0 N–H and O–H groups in total. The number of amides is 2. The molecule has 5 nitrogen and oxygen atoms in total. The lowest BCUT2D eigenvalue weighted by molar-refractivity contribution is -0.139. The molecule has 0 spiro atoms. The number of benzene rings is 2. The number of fused-ring (bicyclic) bond motifs is 1. The Hall–Kier alpha value is -3.20. The fourth-order valence-corrected chi connectivity index (χ4v) is 5.63. The fraction of sp³-hybridized carbons (Fsp3) is 0.400. The van der Waals surface area contributed by atoms with E-state index in [9.17, 15) is 9.59 Å². The van der Waals surface area contributed by atoms with Gasteiger partial charge in [-0.2, -0.15) is 0 Å². The van der Waals surface area contributed by atoms with Gasteiger partial charge in [-0.05, 0) is 30.9 Å². The number of hydrogen-bond donors (Lipinski definition) is 0. The number of hydrogen-bond acceptors (Lipinski definition) is 4. The predicted octanol–water partition coefficient (Wildman–Crippen LogP) is 3.74. The van der Waals surface area contributed by atoms with E-state index in [2.05, 4.69) is 88.4 Å². The Morgan fingerprint density at radius 2 is 1.37 bits per heavy atom. The molecule has 0 unspecified atom stereocenters. The molecule has 2 atom stereocenters. The zero-order valence-electron chi connectivity index (χ0n) is 20.4. The summed E-state index contributed by atoms with van der Waals surface area (Å²) in [6, 6.07) is 21.7. The van der Waals surface area contributed by atoms with Gasteiger partial charge in [-0.15, -0.1) is 0 Å². The molecule has 0 radical (unpaired) electrons. The Balaban J connectivity index is 1.16. The third-order valence-corrected chi connectivity index (χ3v) is 7.58. The van der Waals surface area contributed by atoms with Crippen LogP contribution in [-0.2, 0) is 9.59 Å². The Labute approximate surface area is 208 Å². The summed E-state index contributed by atoms with van der Waals surface area (Å²) < 4.78 is 0. The van der Waals surface area contributed by atoms with Gasteiger partial charge in [0, 0.05) is 26.2 Å². The average molecular weight is 468 g/mol. The highest BCUT2D eigenvalue weighted by molar-refractivity contribution is 6.05. The lowest BCUT2D eigenvalue weighted by Gasteiger charge is -2.39. The van der Waals surface area contributed by atoms with Gasteiger partial charge in [0.05, 0.1) is 31.0 Å². The van der Waals surface area contributed by atoms with E-state index < -0.39 is 0 Å². The maximum absolute atomic E-state index is 12.7. The molecule has 1 aliphatic carbocycles. The molecule has 2 fully saturated rings. The molecule has 0 saturated carbocycles. The first-order chi connectivity index (χ1) is 17.1. The van der Waals surface area contributed by atoms with Crippen LogP contribution >= 0.6 is 0 Å². The van der Waals surface area contributed by atoms with E-state index in [1.54, 1.807) is 0 Å². The van der Waals surface area contributed by atoms with Crippen molar-refractivity contribution in [2.45, 2.75) is 25.8 Å². The minimum atomic E-state index is -0.178. The van der Waals surface area contributed by atoms with E-state index in [1.807, 2.05) is 6.92 Å². The third-order valence-electron chi connectivity index (χ3n) is 7.58. The zero-order chi connectivity index (χ0) is 24.2. The van der Waals surface area contributed by atoms with Gasteiger partial charge in [0.15, 0.2) is 0 Å². The van der Waals surface area contributed by atoms with Crippen LogP contribution in [0, 0.1) is 23.7 Å². The third kappa shape index (κ3) is 5.10. The molecule has 2 amide bonds. The second kappa shape index (κ2) is 10.6. The smallest absolute Gasteiger partial charge is 0.234 e. The van der Waals surface area contributed by atoms with Gasteiger partial charge in [0.25, 0.3) is 0 Å². The van der Waals surface area contributed by atoms with Gasteiger partial charge in [-0.1, -0.05) is 84.2 Å². The number of imide groups is 1. The number of allylic oxidation sites excluding steroid dienone is 2. The lowest BCUT2D eigenvalue weighted by atomic mass is 9.82. The standard InChI is InChI=1S/C30H33N3O2/c1-23-14-15-26-27(22-23)30(35)33(29(26)34)17-9-8-16-31-18-20-32(21-19-31)28(24-10-4-2-5-11-24)25-12-6-3-7-13-25/h2-7,10-14,26-28H,15-22H2,1H3/t26-,27+/m0/s1. The SMILES string of the molecule is CC1=CC[C@@H]2C(=O)N(CC#CCN3CCN(C(c4ccccc4)c4ccccc4)CC3)C(=O)[C@@H]2C1. The quantitative estimate of drug-likeness (QED) is 0.382. The highest BCUT2D eigenvalue weighted by Gasteiger charge is 2.47. The van der Waals surface area contributed by atoms with Gasteiger partial charge in [0.1, 0.15) is 0 Å². The van der Waals surface area contributed by atoms with Crippen molar-refractivity contribution in [1.82, 2.24) is 14.7 Å². The van der Waals surface area contributed by atoms with Crippen molar-refractivity contribution >= 4 is 11.8 Å². The van der Waals surface area contributed by atoms with Crippen LogP contribution in [0.4, 0.5) is 0 Å². The van der Waals surface area contributed by atoms with Crippen molar-refractivity contribution in [3.8, 4) is 11.8 Å². The van der Waals surface area contributed by atoms with Gasteiger partial charge in [-0.3, -0.25) is 24.3 Å². The Morgan fingerprint density at radius 3 is 2.00 bits per heavy atom. The van der Waals surface area contributed by atoms with Crippen molar-refractivity contribution in [3.63, 3.8) is 0 Å². The second-order valence-electron chi connectivity index (χ2n) is 9.86. The van der Waals surface area contributed by atoms with E-state index >= 15 is 0 Å². The maximum atomic E-state index is 12.7. The summed E-state index contributed by atoms with van der Waals surface area (Å²) in [5.41, 5.74) is 3.84.